The maximum atomic E-state index is 13.5. The number of rotatable bonds is 3. The van der Waals surface area contributed by atoms with E-state index < -0.39 is 17.5 Å². The normalized spacial score (nSPS) is 10.2. The van der Waals surface area contributed by atoms with Gasteiger partial charge in [0.1, 0.15) is 17.4 Å². The Hall–Kier alpha value is -2.63. The molecular weight excluding hydrogens is 266 g/mol. The molecule has 104 valence electrons. The summed E-state index contributed by atoms with van der Waals surface area (Å²) in [7, 11) is 1.38. The highest BCUT2D eigenvalue weighted by Gasteiger charge is 2.14. The molecule has 2 rings (SSSR count). The lowest BCUT2D eigenvalue weighted by Crippen LogP contribution is -2.14. The summed E-state index contributed by atoms with van der Waals surface area (Å²) in [6, 6.07) is 7.23. The van der Waals surface area contributed by atoms with Gasteiger partial charge in [-0.2, -0.15) is 0 Å². The van der Waals surface area contributed by atoms with Crippen LogP contribution in [0.3, 0.4) is 0 Å². The summed E-state index contributed by atoms with van der Waals surface area (Å²) in [4.78, 5) is 12.0. The fourth-order valence-electron chi connectivity index (χ4n) is 1.68. The van der Waals surface area contributed by atoms with Gasteiger partial charge in [-0.1, -0.05) is 0 Å². The minimum atomic E-state index is -0.728. The minimum absolute atomic E-state index is 0.172. The number of ether oxygens (including phenoxy) is 1. The third-order valence-electron chi connectivity index (χ3n) is 2.65. The molecule has 0 aliphatic rings. The number of methoxy groups -OCH3 is 1. The van der Waals surface area contributed by atoms with Crippen LogP contribution in [-0.4, -0.2) is 13.0 Å². The highest BCUT2D eigenvalue weighted by atomic mass is 19.1. The molecule has 0 atom stereocenters. The molecule has 0 fully saturated rings. The van der Waals surface area contributed by atoms with Gasteiger partial charge < -0.3 is 15.8 Å². The molecule has 0 bridgehead atoms. The molecule has 0 unspecified atom stereocenters. The molecule has 0 aliphatic carbocycles. The van der Waals surface area contributed by atoms with Gasteiger partial charge in [-0.25, -0.2) is 8.78 Å². The second-order valence-electron chi connectivity index (χ2n) is 4.04. The third-order valence-corrected chi connectivity index (χ3v) is 2.65. The van der Waals surface area contributed by atoms with E-state index in [4.69, 9.17) is 10.5 Å². The molecule has 6 heteroatoms. The summed E-state index contributed by atoms with van der Waals surface area (Å²) in [5, 5.41) is 2.29. The van der Waals surface area contributed by atoms with Gasteiger partial charge in [0.15, 0.2) is 0 Å². The standard InChI is InChI=1S/C14H12F2N2O2/c1-20-13-7-9(17)3-4-10(13)14(19)18-12-6-8(15)2-5-11(12)16/h2-7H,17H2,1H3,(H,18,19). The number of nitrogens with one attached hydrogen (secondary N) is 1. The molecule has 2 aromatic carbocycles. The van der Waals surface area contributed by atoms with Crippen molar-refractivity contribution in [3.8, 4) is 5.75 Å². The third kappa shape index (κ3) is 2.85. The van der Waals surface area contributed by atoms with E-state index in [1.54, 1.807) is 0 Å². The number of nitrogen functional groups attached to an aromatic ring is 1. The predicted molar refractivity (Wildman–Crippen MR) is 71.7 cm³/mol. The quantitative estimate of drug-likeness (QED) is 0.848. The first-order valence-corrected chi connectivity index (χ1v) is 5.71. The van der Waals surface area contributed by atoms with Crippen molar-refractivity contribution in [1.82, 2.24) is 0 Å². The van der Waals surface area contributed by atoms with Crippen molar-refractivity contribution in [2.75, 3.05) is 18.2 Å². The number of hydrogen-bond donors (Lipinski definition) is 2. The minimum Gasteiger partial charge on any atom is -0.496 e. The lowest BCUT2D eigenvalue weighted by molar-refractivity contribution is 0.102. The lowest BCUT2D eigenvalue weighted by Gasteiger charge is -2.10. The average Bonchev–Trinajstić information content (AvgIpc) is 2.42. The summed E-state index contributed by atoms with van der Waals surface area (Å²) >= 11 is 0. The van der Waals surface area contributed by atoms with Crippen molar-refractivity contribution < 1.29 is 18.3 Å². The van der Waals surface area contributed by atoms with Crippen molar-refractivity contribution in [2.45, 2.75) is 0 Å². The Morgan fingerprint density at radius 3 is 2.65 bits per heavy atom. The Morgan fingerprint density at radius 2 is 1.95 bits per heavy atom. The van der Waals surface area contributed by atoms with Gasteiger partial charge in [-0.15, -0.1) is 0 Å². The first-order valence-electron chi connectivity index (χ1n) is 5.71. The smallest absolute Gasteiger partial charge is 0.259 e. The zero-order valence-electron chi connectivity index (χ0n) is 10.6. The Bertz CT molecular complexity index is 660. The number of hydrogen-bond acceptors (Lipinski definition) is 3. The highest BCUT2D eigenvalue weighted by molar-refractivity contribution is 6.06. The first-order chi connectivity index (χ1) is 9.51. The Labute approximate surface area is 114 Å². The van der Waals surface area contributed by atoms with E-state index >= 15 is 0 Å². The van der Waals surface area contributed by atoms with Crippen LogP contribution in [0.15, 0.2) is 36.4 Å². The molecule has 4 nitrogen and oxygen atoms in total. The van der Waals surface area contributed by atoms with E-state index in [1.165, 1.54) is 25.3 Å². The summed E-state index contributed by atoms with van der Waals surface area (Å²) in [5.74, 6) is -1.74. The number of carbonyl (C=O) groups is 1. The lowest BCUT2D eigenvalue weighted by atomic mass is 10.1. The van der Waals surface area contributed by atoms with Gasteiger partial charge in [-0.05, 0) is 24.3 Å². The molecule has 3 N–H and O–H groups in total. The van der Waals surface area contributed by atoms with Crippen molar-refractivity contribution in [2.24, 2.45) is 0 Å². The van der Waals surface area contributed by atoms with Crippen LogP contribution in [0.5, 0.6) is 5.75 Å². The van der Waals surface area contributed by atoms with Crippen LogP contribution in [0, 0.1) is 11.6 Å². The van der Waals surface area contributed by atoms with Crippen molar-refractivity contribution >= 4 is 17.3 Å². The highest BCUT2D eigenvalue weighted by Crippen LogP contribution is 2.23. The molecule has 0 saturated heterocycles. The van der Waals surface area contributed by atoms with Gasteiger partial charge in [0.2, 0.25) is 0 Å². The molecule has 1 amide bonds. The van der Waals surface area contributed by atoms with E-state index in [2.05, 4.69) is 5.32 Å². The van der Waals surface area contributed by atoms with E-state index in [-0.39, 0.29) is 17.0 Å². The van der Waals surface area contributed by atoms with Crippen molar-refractivity contribution in [3.05, 3.63) is 53.6 Å². The van der Waals surface area contributed by atoms with E-state index in [1.807, 2.05) is 0 Å². The van der Waals surface area contributed by atoms with Crippen LogP contribution in [0.1, 0.15) is 10.4 Å². The molecule has 0 spiro atoms. The molecular formula is C14H12F2N2O2. The van der Waals surface area contributed by atoms with Crippen LogP contribution in [-0.2, 0) is 0 Å². The largest absolute Gasteiger partial charge is 0.496 e. The van der Waals surface area contributed by atoms with E-state index in [9.17, 15) is 13.6 Å². The monoisotopic (exact) mass is 278 g/mol. The van der Waals surface area contributed by atoms with Crippen LogP contribution >= 0.6 is 0 Å². The van der Waals surface area contributed by atoms with Crippen molar-refractivity contribution in [3.63, 3.8) is 0 Å². The number of amides is 1. The number of carbonyl (C=O) groups excluding carboxylic acids is 1. The predicted octanol–water partition coefficient (Wildman–Crippen LogP) is 2.81. The summed E-state index contributed by atoms with van der Waals surface area (Å²) in [6.45, 7) is 0. The topological polar surface area (TPSA) is 64.3 Å². The number of benzene rings is 2. The molecule has 2 aromatic rings. The Kier molecular flexibility index (Phi) is 3.84. The summed E-state index contributed by atoms with van der Waals surface area (Å²) in [5.41, 5.74) is 5.93. The maximum absolute atomic E-state index is 13.5. The number of halogens is 2. The van der Waals surface area contributed by atoms with Gasteiger partial charge in [-0.3, -0.25) is 4.79 Å². The van der Waals surface area contributed by atoms with Crippen LogP contribution in [0.4, 0.5) is 20.2 Å². The van der Waals surface area contributed by atoms with Crippen LogP contribution < -0.4 is 15.8 Å². The van der Waals surface area contributed by atoms with Gasteiger partial charge >= 0.3 is 0 Å². The zero-order chi connectivity index (χ0) is 14.7. The molecule has 0 aliphatic heterocycles. The summed E-state index contributed by atoms with van der Waals surface area (Å²) < 4.78 is 31.5. The fraction of sp³-hybridized carbons (Fsp3) is 0.0714. The molecule has 0 aromatic heterocycles. The maximum Gasteiger partial charge on any atom is 0.259 e. The average molecular weight is 278 g/mol. The fourth-order valence-corrected chi connectivity index (χ4v) is 1.68. The second-order valence-corrected chi connectivity index (χ2v) is 4.04. The SMILES string of the molecule is COc1cc(N)ccc1C(=O)Nc1cc(F)ccc1F. The zero-order valence-corrected chi connectivity index (χ0v) is 10.6. The molecule has 0 radical (unpaired) electrons. The van der Waals surface area contributed by atoms with E-state index in [0.717, 1.165) is 18.2 Å². The number of anilines is 2. The van der Waals surface area contributed by atoms with Crippen LogP contribution in [0.25, 0.3) is 0 Å². The van der Waals surface area contributed by atoms with Gasteiger partial charge in [0, 0.05) is 17.8 Å². The second kappa shape index (κ2) is 5.56. The molecule has 0 heterocycles. The van der Waals surface area contributed by atoms with Crippen molar-refractivity contribution in [1.29, 1.82) is 0 Å². The summed E-state index contributed by atoms with van der Waals surface area (Å²) in [6.07, 6.45) is 0. The molecule has 20 heavy (non-hydrogen) atoms. The van der Waals surface area contributed by atoms with Gasteiger partial charge in [0.25, 0.3) is 5.91 Å². The van der Waals surface area contributed by atoms with Gasteiger partial charge in [0.05, 0.1) is 18.4 Å². The first kappa shape index (κ1) is 13.8. The van der Waals surface area contributed by atoms with E-state index in [0.29, 0.717) is 5.69 Å². The Balaban J connectivity index is 2.30. The Morgan fingerprint density at radius 1 is 1.20 bits per heavy atom. The number of nitrogens with two attached hydrogens (primary N) is 1. The molecule has 0 saturated carbocycles. The van der Waals surface area contributed by atoms with Crippen LogP contribution in [0.2, 0.25) is 0 Å².